The van der Waals surface area contributed by atoms with Crippen molar-refractivity contribution in [1.29, 1.82) is 0 Å². The van der Waals surface area contributed by atoms with Crippen molar-refractivity contribution in [2.75, 3.05) is 21.0 Å². The maximum atomic E-state index is 12.7. The summed E-state index contributed by atoms with van der Waals surface area (Å²) in [5, 5.41) is 2.69. The van der Waals surface area contributed by atoms with Crippen LogP contribution >= 0.6 is 11.6 Å². The van der Waals surface area contributed by atoms with Crippen LogP contribution in [0.4, 0.5) is 17.1 Å². The van der Waals surface area contributed by atoms with Gasteiger partial charge in [0.05, 0.1) is 27.4 Å². The van der Waals surface area contributed by atoms with Crippen LogP contribution in [0.2, 0.25) is 5.02 Å². The normalized spacial score (nSPS) is 11.6. The zero-order valence-corrected chi connectivity index (χ0v) is 20.4. The summed E-state index contributed by atoms with van der Waals surface area (Å²) in [6.45, 7) is 3.68. The Morgan fingerprint density at radius 1 is 0.818 bits per heavy atom. The number of hydrogen-bond acceptors (Lipinski definition) is 5. The molecule has 3 N–H and O–H groups in total. The van der Waals surface area contributed by atoms with E-state index in [2.05, 4.69) is 14.8 Å². The summed E-state index contributed by atoms with van der Waals surface area (Å²) in [6.07, 6.45) is 1.00. The van der Waals surface area contributed by atoms with E-state index < -0.39 is 26.0 Å². The number of sulfonamides is 2. The van der Waals surface area contributed by atoms with E-state index in [9.17, 15) is 21.6 Å². The van der Waals surface area contributed by atoms with Crippen LogP contribution in [0, 0.1) is 13.8 Å². The molecule has 0 fully saturated rings. The Labute approximate surface area is 198 Å². The minimum Gasteiger partial charge on any atom is -0.322 e. The van der Waals surface area contributed by atoms with Crippen LogP contribution < -0.4 is 14.8 Å². The molecule has 0 aliphatic heterocycles. The van der Waals surface area contributed by atoms with Gasteiger partial charge >= 0.3 is 0 Å². The fraction of sp³-hybridized carbons (Fsp3) is 0.136. The number of nitrogens with one attached hydrogen (secondary N) is 3. The van der Waals surface area contributed by atoms with Gasteiger partial charge < -0.3 is 5.32 Å². The summed E-state index contributed by atoms with van der Waals surface area (Å²) in [5.74, 6) is -0.532. The average molecular weight is 508 g/mol. The molecule has 3 rings (SSSR count). The van der Waals surface area contributed by atoms with Crippen LogP contribution in [0.15, 0.2) is 65.6 Å². The van der Waals surface area contributed by atoms with Crippen molar-refractivity contribution in [1.82, 2.24) is 0 Å². The molecule has 0 aromatic heterocycles. The Bertz CT molecular complexity index is 1420. The molecule has 0 aliphatic rings. The van der Waals surface area contributed by atoms with Gasteiger partial charge in [0.2, 0.25) is 10.0 Å². The maximum Gasteiger partial charge on any atom is 0.261 e. The zero-order chi connectivity index (χ0) is 24.4. The first-order valence-electron chi connectivity index (χ1n) is 9.63. The van der Waals surface area contributed by atoms with E-state index in [1.807, 2.05) is 26.0 Å². The highest BCUT2D eigenvalue weighted by atomic mass is 35.5. The average Bonchev–Trinajstić information content (AvgIpc) is 2.69. The first-order chi connectivity index (χ1) is 15.3. The number of halogens is 1. The highest BCUT2D eigenvalue weighted by Gasteiger charge is 2.17. The molecule has 0 spiro atoms. The van der Waals surface area contributed by atoms with Gasteiger partial charge in [0, 0.05) is 11.4 Å². The zero-order valence-electron chi connectivity index (χ0n) is 18.0. The third kappa shape index (κ3) is 6.47. The molecule has 0 heterocycles. The van der Waals surface area contributed by atoms with Gasteiger partial charge in [-0.2, -0.15) is 0 Å². The lowest BCUT2D eigenvalue weighted by Crippen LogP contribution is -2.15. The summed E-state index contributed by atoms with van der Waals surface area (Å²) >= 11 is 6.12. The molecule has 0 bridgehead atoms. The third-order valence-electron chi connectivity index (χ3n) is 4.58. The van der Waals surface area contributed by atoms with Crippen LogP contribution in [-0.2, 0) is 20.0 Å². The Hall–Kier alpha value is -3.08. The van der Waals surface area contributed by atoms with Gasteiger partial charge in [-0.15, -0.1) is 0 Å². The molecular formula is C22H22ClN3O5S2. The number of rotatable bonds is 7. The van der Waals surface area contributed by atoms with Crippen molar-refractivity contribution in [3.05, 3.63) is 82.4 Å². The molecule has 0 aliphatic carbocycles. The number of benzene rings is 3. The van der Waals surface area contributed by atoms with Crippen molar-refractivity contribution in [2.24, 2.45) is 0 Å². The van der Waals surface area contributed by atoms with E-state index in [0.717, 1.165) is 17.4 Å². The molecule has 3 aromatic rings. The lowest BCUT2D eigenvalue weighted by molar-refractivity contribution is 0.102. The number of hydrogen-bond donors (Lipinski definition) is 3. The predicted molar refractivity (Wildman–Crippen MR) is 131 cm³/mol. The Balaban J connectivity index is 1.74. The van der Waals surface area contributed by atoms with Crippen LogP contribution in [0.25, 0.3) is 0 Å². The van der Waals surface area contributed by atoms with Gasteiger partial charge in [-0.05, 0) is 73.5 Å². The largest absolute Gasteiger partial charge is 0.322 e. The lowest BCUT2D eigenvalue weighted by Gasteiger charge is -2.12. The minimum absolute atomic E-state index is 0.0376. The van der Waals surface area contributed by atoms with Gasteiger partial charge in [-0.3, -0.25) is 14.2 Å². The number of amides is 1. The van der Waals surface area contributed by atoms with E-state index in [1.165, 1.54) is 42.5 Å². The summed E-state index contributed by atoms with van der Waals surface area (Å²) in [5.41, 5.74) is 2.93. The first-order valence-corrected chi connectivity index (χ1v) is 13.4. The fourth-order valence-corrected chi connectivity index (χ4v) is 4.89. The maximum absolute atomic E-state index is 12.7. The topological polar surface area (TPSA) is 121 Å². The summed E-state index contributed by atoms with van der Waals surface area (Å²) in [6, 6.07) is 15.3. The van der Waals surface area contributed by atoms with Gasteiger partial charge in [0.25, 0.3) is 15.9 Å². The lowest BCUT2D eigenvalue weighted by atomic mass is 10.1. The molecule has 1 amide bonds. The highest BCUT2D eigenvalue weighted by Crippen LogP contribution is 2.24. The molecule has 0 saturated carbocycles. The highest BCUT2D eigenvalue weighted by molar-refractivity contribution is 7.92. The Morgan fingerprint density at radius 3 is 2.06 bits per heavy atom. The van der Waals surface area contributed by atoms with Crippen molar-refractivity contribution in [3.8, 4) is 0 Å². The predicted octanol–water partition coefficient (Wildman–Crippen LogP) is 4.38. The summed E-state index contributed by atoms with van der Waals surface area (Å²) < 4.78 is 53.0. The van der Waals surface area contributed by atoms with E-state index in [1.54, 1.807) is 6.07 Å². The van der Waals surface area contributed by atoms with E-state index in [-0.39, 0.29) is 21.2 Å². The smallest absolute Gasteiger partial charge is 0.261 e. The van der Waals surface area contributed by atoms with Gasteiger partial charge in [0.15, 0.2) is 0 Å². The van der Waals surface area contributed by atoms with Crippen LogP contribution in [-0.4, -0.2) is 29.0 Å². The summed E-state index contributed by atoms with van der Waals surface area (Å²) in [7, 11) is -7.30. The molecule has 33 heavy (non-hydrogen) atoms. The molecule has 0 unspecified atom stereocenters. The Kier molecular flexibility index (Phi) is 7.01. The van der Waals surface area contributed by atoms with Crippen molar-refractivity contribution in [2.45, 2.75) is 18.7 Å². The van der Waals surface area contributed by atoms with Crippen LogP contribution in [0.5, 0.6) is 0 Å². The second-order valence-electron chi connectivity index (χ2n) is 7.47. The molecular weight excluding hydrogens is 486 g/mol. The number of anilines is 3. The van der Waals surface area contributed by atoms with Gasteiger partial charge in [0.1, 0.15) is 0 Å². The van der Waals surface area contributed by atoms with E-state index in [4.69, 9.17) is 11.6 Å². The molecule has 11 heteroatoms. The second kappa shape index (κ2) is 9.42. The summed E-state index contributed by atoms with van der Waals surface area (Å²) in [4.78, 5) is 12.6. The SMILES string of the molecule is Cc1ccc(C)c(NS(=O)(=O)c2ccc(NC(=O)c3ccc(NS(C)(=O)=O)cc3Cl)cc2)c1. The minimum atomic E-state index is -3.82. The molecule has 0 radical (unpaired) electrons. The Morgan fingerprint density at radius 2 is 1.45 bits per heavy atom. The fourth-order valence-electron chi connectivity index (χ4n) is 2.94. The van der Waals surface area contributed by atoms with Crippen molar-refractivity contribution < 1.29 is 21.6 Å². The van der Waals surface area contributed by atoms with E-state index >= 15 is 0 Å². The molecule has 3 aromatic carbocycles. The van der Waals surface area contributed by atoms with Crippen LogP contribution in [0.3, 0.4) is 0 Å². The van der Waals surface area contributed by atoms with Gasteiger partial charge in [-0.25, -0.2) is 16.8 Å². The monoisotopic (exact) mass is 507 g/mol. The third-order valence-corrected chi connectivity index (χ3v) is 6.88. The standard InChI is InChI=1S/C22H22ClN3O5S2/c1-14-4-5-15(2)21(12-14)26-33(30,31)18-9-6-16(7-10-18)24-22(27)19-11-8-17(13-20(19)23)25-32(3,28)29/h4-13,25-26H,1-3H3,(H,24,27). The van der Waals surface area contributed by atoms with Gasteiger partial charge in [-0.1, -0.05) is 23.7 Å². The van der Waals surface area contributed by atoms with Crippen molar-refractivity contribution >= 4 is 54.6 Å². The first kappa shape index (κ1) is 24.6. The second-order valence-corrected chi connectivity index (χ2v) is 11.3. The molecule has 0 atom stereocenters. The molecule has 8 nitrogen and oxygen atoms in total. The quantitative estimate of drug-likeness (QED) is 0.438. The molecule has 0 saturated heterocycles. The van der Waals surface area contributed by atoms with Crippen LogP contribution in [0.1, 0.15) is 21.5 Å². The van der Waals surface area contributed by atoms with Crippen molar-refractivity contribution in [3.63, 3.8) is 0 Å². The number of carbonyl (C=O) groups excluding carboxylic acids is 1. The number of carbonyl (C=O) groups is 1. The molecule has 174 valence electrons. The van der Waals surface area contributed by atoms with E-state index in [0.29, 0.717) is 11.4 Å². The number of aryl methyl sites for hydroxylation is 2.